The van der Waals surface area contributed by atoms with E-state index in [-0.39, 0.29) is 25.8 Å². The number of nitrogens with zero attached hydrogens (tertiary/aromatic N) is 1. The van der Waals surface area contributed by atoms with Crippen molar-refractivity contribution in [3.63, 3.8) is 0 Å². The maximum atomic E-state index is 12.9. The van der Waals surface area contributed by atoms with Gasteiger partial charge in [-0.1, -0.05) is 0 Å². The Bertz CT molecular complexity index is 817. The highest BCUT2D eigenvalue weighted by molar-refractivity contribution is 5.96. The molecule has 1 rings (SSSR count). The van der Waals surface area contributed by atoms with Crippen LogP contribution in [0.1, 0.15) is 38.5 Å². The molecule has 10 N–H and O–H groups in total. The summed E-state index contributed by atoms with van der Waals surface area (Å²) in [6, 6.07) is -5.63. The normalized spacial score (nSPS) is 18.0. The van der Waals surface area contributed by atoms with Gasteiger partial charge in [0.05, 0.1) is 18.9 Å². The highest BCUT2D eigenvalue weighted by atomic mass is 16.4. The van der Waals surface area contributed by atoms with Crippen molar-refractivity contribution < 1.29 is 43.8 Å². The van der Waals surface area contributed by atoms with Gasteiger partial charge < -0.3 is 42.9 Å². The monoisotopic (exact) mass is 472 g/mol. The molecule has 5 amide bonds. The number of carbonyl (C=O) groups excluding carboxylic acids is 5. The van der Waals surface area contributed by atoms with Crippen molar-refractivity contribution in [1.29, 1.82) is 0 Å². The number of carboxylic acids is 2. The summed E-state index contributed by atoms with van der Waals surface area (Å²) in [5.74, 6) is -7.23. The maximum absolute atomic E-state index is 12.9. The van der Waals surface area contributed by atoms with Crippen LogP contribution in [-0.4, -0.2) is 87.3 Å². The van der Waals surface area contributed by atoms with Crippen LogP contribution in [0, 0.1) is 0 Å². The third kappa shape index (κ3) is 8.72. The van der Waals surface area contributed by atoms with Gasteiger partial charge in [0.25, 0.3) is 0 Å². The zero-order chi connectivity index (χ0) is 25.3. The lowest BCUT2D eigenvalue weighted by Crippen LogP contribution is -2.58. The Morgan fingerprint density at radius 3 is 2.03 bits per heavy atom. The highest BCUT2D eigenvalue weighted by Gasteiger charge is 2.39. The lowest BCUT2D eigenvalue weighted by atomic mass is 10.1. The summed E-state index contributed by atoms with van der Waals surface area (Å²) in [5, 5.41) is 22.5. The Labute approximate surface area is 188 Å². The molecule has 4 atom stereocenters. The molecular weight excluding hydrogens is 444 g/mol. The van der Waals surface area contributed by atoms with Gasteiger partial charge in [-0.05, 0) is 19.3 Å². The van der Waals surface area contributed by atoms with E-state index in [4.69, 9.17) is 22.3 Å². The van der Waals surface area contributed by atoms with Crippen LogP contribution in [0.3, 0.4) is 0 Å². The van der Waals surface area contributed by atoms with Crippen molar-refractivity contribution in [3.05, 3.63) is 0 Å². The predicted molar refractivity (Wildman–Crippen MR) is 109 cm³/mol. The van der Waals surface area contributed by atoms with E-state index in [1.54, 1.807) is 0 Å². The molecule has 0 radical (unpaired) electrons. The summed E-state index contributed by atoms with van der Waals surface area (Å²) >= 11 is 0. The second kappa shape index (κ2) is 12.3. The Morgan fingerprint density at radius 1 is 0.909 bits per heavy atom. The Hall–Kier alpha value is -3.75. The molecule has 4 unspecified atom stereocenters. The summed E-state index contributed by atoms with van der Waals surface area (Å²) in [6.45, 7) is 0.0901. The molecule has 15 nitrogen and oxygen atoms in total. The van der Waals surface area contributed by atoms with Crippen molar-refractivity contribution in [2.75, 3.05) is 6.54 Å². The fourth-order valence-electron chi connectivity index (χ4n) is 3.28. The van der Waals surface area contributed by atoms with Gasteiger partial charge in [0.1, 0.15) is 18.1 Å². The number of amides is 5. The number of nitrogens with one attached hydrogen (secondary N) is 2. The van der Waals surface area contributed by atoms with Crippen LogP contribution >= 0.6 is 0 Å². The quantitative estimate of drug-likeness (QED) is 0.136. The van der Waals surface area contributed by atoms with Gasteiger partial charge in [-0.2, -0.15) is 0 Å². The van der Waals surface area contributed by atoms with Crippen molar-refractivity contribution in [3.8, 4) is 0 Å². The summed E-state index contributed by atoms with van der Waals surface area (Å²) < 4.78 is 0. The molecule has 1 fully saturated rings. The minimum Gasteiger partial charge on any atom is -0.481 e. The van der Waals surface area contributed by atoms with E-state index in [0.717, 1.165) is 4.90 Å². The lowest BCUT2D eigenvalue weighted by Gasteiger charge is -2.28. The fourth-order valence-corrected chi connectivity index (χ4v) is 3.28. The molecule has 1 saturated heterocycles. The number of aliphatic carboxylic acids is 2. The van der Waals surface area contributed by atoms with Gasteiger partial charge in [-0.25, -0.2) is 4.79 Å². The maximum Gasteiger partial charge on any atom is 0.326 e. The van der Waals surface area contributed by atoms with Gasteiger partial charge >= 0.3 is 11.9 Å². The van der Waals surface area contributed by atoms with Crippen LogP contribution in [0.25, 0.3) is 0 Å². The third-order valence-electron chi connectivity index (χ3n) is 4.88. The van der Waals surface area contributed by atoms with E-state index in [1.165, 1.54) is 0 Å². The van der Waals surface area contributed by atoms with Gasteiger partial charge in [0.2, 0.25) is 29.5 Å². The SMILES string of the molecule is NC(=O)CCC(NC(=O)C(N)CC(=O)O)C(=O)NC(CC(N)=O)C(=O)N1CCCC1C(=O)O. The number of carboxylic acid groups (broad SMARTS) is 2. The van der Waals surface area contributed by atoms with Crippen LogP contribution in [0.5, 0.6) is 0 Å². The number of primary amides is 2. The minimum atomic E-state index is -1.53. The summed E-state index contributed by atoms with van der Waals surface area (Å²) in [6.07, 6.45) is -1.46. The number of hydrogen-bond donors (Lipinski definition) is 7. The molecule has 1 aliphatic heterocycles. The second-order valence-corrected chi connectivity index (χ2v) is 7.53. The molecule has 184 valence electrons. The number of rotatable bonds is 13. The topological polar surface area (TPSA) is 265 Å². The summed E-state index contributed by atoms with van der Waals surface area (Å²) in [5.41, 5.74) is 15.7. The molecule has 1 aliphatic rings. The smallest absolute Gasteiger partial charge is 0.326 e. The molecule has 0 aromatic carbocycles. The lowest BCUT2D eigenvalue weighted by molar-refractivity contribution is -0.149. The zero-order valence-electron chi connectivity index (χ0n) is 17.7. The van der Waals surface area contributed by atoms with Crippen molar-refractivity contribution in [2.24, 2.45) is 17.2 Å². The predicted octanol–water partition coefficient (Wildman–Crippen LogP) is -4.03. The second-order valence-electron chi connectivity index (χ2n) is 7.53. The highest BCUT2D eigenvalue weighted by Crippen LogP contribution is 2.19. The first kappa shape index (κ1) is 27.3. The first-order valence-corrected chi connectivity index (χ1v) is 10.0. The molecule has 0 saturated carbocycles. The summed E-state index contributed by atoms with van der Waals surface area (Å²) in [7, 11) is 0. The van der Waals surface area contributed by atoms with E-state index >= 15 is 0 Å². The summed E-state index contributed by atoms with van der Waals surface area (Å²) in [4.78, 5) is 83.5. The zero-order valence-corrected chi connectivity index (χ0v) is 17.7. The number of nitrogens with two attached hydrogens (primary N) is 3. The molecule has 33 heavy (non-hydrogen) atoms. The standard InChI is InChI=1S/C18H28N6O9/c19-8(6-14(27)28)15(29)22-9(3-4-12(20)25)16(30)23-10(7-13(21)26)17(31)24-5-1-2-11(24)18(32)33/h8-11H,1-7,19H2,(H2,20,25)(H2,21,26)(H,22,29)(H,23,30)(H,27,28)(H,32,33). The van der Waals surface area contributed by atoms with E-state index < -0.39 is 78.5 Å². The molecule has 15 heteroatoms. The number of carbonyl (C=O) groups is 7. The van der Waals surface area contributed by atoms with Crippen LogP contribution in [0.4, 0.5) is 0 Å². The Morgan fingerprint density at radius 2 is 1.52 bits per heavy atom. The number of likely N-dealkylation sites (tertiary alicyclic amines) is 1. The van der Waals surface area contributed by atoms with E-state index in [0.29, 0.717) is 6.42 Å². The van der Waals surface area contributed by atoms with Crippen LogP contribution in [0.15, 0.2) is 0 Å². The van der Waals surface area contributed by atoms with Crippen LogP contribution in [-0.2, 0) is 33.6 Å². The third-order valence-corrected chi connectivity index (χ3v) is 4.88. The Kier molecular flexibility index (Phi) is 10.2. The molecule has 0 spiro atoms. The van der Waals surface area contributed by atoms with E-state index in [2.05, 4.69) is 10.6 Å². The van der Waals surface area contributed by atoms with Gasteiger partial charge in [0.15, 0.2) is 0 Å². The molecule has 0 bridgehead atoms. The van der Waals surface area contributed by atoms with E-state index in [9.17, 15) is 38.7 Å². The largest absolute Gasteiger partial charge is 0.481 e. The molecule has 0 aromatic heterocycles. The molecule has 1 heterocycles. The van der Waals surface area contributed by atoms with E-state index in [1.807, 2.05) is 0 Å². The van der Waals surface area contributed by atoms with Crippen LogP contribution in [0.2, 0.25) is 0 Å². The average Bonchev–Trinajstić information content (AvgIpc) is 3.18. The van der Waals surface area contributed by atoms with Crippen molar-refractivity contribution in [1.82, 2.24) is 15.5 Å². The molecule has 0 aliphatic carbocycles. The van der Waals surface area contributed by atoms with Gasteiger partial charge in [-0.3, -0.25) is 28.8 Å². The number of hydrogen-bond acceptors (Lipinski definition) is 8. The van der Waals surface area contributed by atoms with Crippen molar-refractivity contribution in [2.45, 2.75) is 62.7 Å². The van der Waals surface area contributed by atoms with Crippen molar-refractivity contribution >= 4 is 41.5 Å². The van der Waals surface area contributed by atoms with Gasteiger partial charge in [0, 0.05) is 13.0 Å². The fraction of sp³-hybridized carbons (Fsp3) is 0.611. The first-order valence-electron chi connectivity index (χ1n) is 10.0. The molecule has 0 aromatic rings. The first-order chi connectivity index (χ1) is 15.3. The molecular formula is C18H28N6O9. The Balaban J connectivity index is 3.03. The average molecular weight is 472 g/mol. The minimum absolute atomic E-state index is 0.0901. The van der Waals surface area contributed by atoms with Gasteiger partial charge in [-0.15, -0.1) is 0 Å². The van der Waals surface area contributed by atoms with Crippen LogP contribution < -0.4 is 27.8 Å².